The summed E-state index contributed by atoms with van der Waals surface area (Å²) in [5.41, 5.74) is 0.238. The van der Waals surface area contributed by atoms with E-state index in [0.29, 0.717) is 17.1 Å². The molecule has 1 amide bonds. The van der Waals surface area contributed by atoms with Crippen LogP contribution in [0.3, 0.4) is 0 Å². The quantitative estimate of drug-likeness (QED) is 0.461. The Morgan fingerprint density at radius 2 is 2.09 bits per heavy atom. The Balaban J connectivity index is 1.63. The maximum Gasteiger partial charge on any atom is 0.419 e. The first-order valence-corrected chi connectivity index (χ1v) is 11.2. The van der Waals surface area contributed by atoms with E-state index in [4.69, 9.17) is 10.1 Å². The number of halogens is 3. The predicted molar refractivity (Wildman–Crippen MR) is 123 cm³/mol. The van der Waals surface area contributed by atoms with Crippen molar-refractivity contribution in [2.45, 2.75) is 44.7 Å². The predicted octanol–water partition coefficient (Wildman–Crippen LogP) is 3.01. The van der Waals surface area contributed by atoms with Crippen molar-refractivity contribution in [3.63, 3.8) is 0 Å². The van der Waals surface area contributed by atoms with Gasteiger partial charge >= 0.3 is 6.18 Å². The van der Waals surface area contributed by atoms with Crippen LogP contribution in [0.15, 0.2) is 35.5 Å². The first-order chi connectivity index (χ1) is 16.3. The van der Waals surface area contributed by atoms with Gasteiger partial charge in [-0.2, -0.15) is 13.2 Å². The Morgan fingerprint density at radius 1 is 1.32 bits per heavy atom. The summed E-state index contributed by atoms with van der Waals surface area (Å²) in [7, 11) is 0. The Hall–Kier alpha value is -3.34. The summed E-state index contributed by atoms with van der Waals surface area (Å²) in [6.45, 7) is 3.48. The monoisotopic (exact) mass is 476 g/mol. The second kappa shape index (κ2) is 9.88. The van der Waals surface area contributed by atoms with Gasteiger partial charge in [0, 0.05) is 29.6 Å². The van der Waals surface area contributed by atoms with Gasteiger partial charge < -0.3 is 30.7 Å². The van der Waals surface area contributed by atoms with E-state index in [1.807, 2.05) is 0 Å². The summed E-state index contributed by atoms with van der Waals surface area (Å²) in [5.74, 6) is 0.133. The van der Waals surface area contributed by atoms with Crippen LogP contribution in [0, 0.1) is 5.41 Å². The SMILES string of the molecule is CCOc1ccc(C2=NC(C=N)Nc3c2ccn3CC(=O)NC2CCNCC2)cc1C(F)(F)F. The summed E-state index contributed by atoms with van der Waals surface area (Å²) >= 11 is 0. The molecule has 4 N–H and O–H groups in total. The summed E-state index contributed by atoms with van der Waals surface area (Å²) in [5, 5.41) is 17.0. The molecule has 1 unspecified atom stereocenters. The average molecular weight is 477 g/mol. The Labute approximate surface area is 195 Å². The van der Waals surface area contributed by atoms with Crippen molar-refractivity contribution in [3.05, 3.63) is 47.2 Å². The number of hydrogen-bond donors (Lipinski definition) is 4. The molecule has 8 nitrogen and oxygen atoms in total. The minimum Gasteiger partial charge on any atom is -0.493 e. The van der Waals surface area contributed by atoms with Crippen molar-refractivity contribution < 1.29 is 22.7 Å². The molecule has 0 aliphatic carbocycles. The van der Waals surface area contributed by atoms with Crippen LogP contribution in [0.2, 0.25) is 0 Å². The number of fused-ring (bicyclic) bond motifs is 1. The molecule has 1 aromatic carbocycles. The van der Waals surface area contributed by atoms with E-state index in [1.54, 1.807) is 23.8 Å². The van der Waals surface area contributed by atoms with E-state index in [9.17, 15) is 18.0 Å². The van der Waals surface area contributed by atoms with Crippen molar-refractivity contribution in [2.75, 3.05) is 25.0 Å². The zero-order chi connectivity index (χ0) is 24.3. The molecule has 0 spiro atoms. The van der Waals surface area contributed by atoms with Gasteiger partial charge in [0.25, 0.3) is 0 Å². The van der Waals surface area contributed by atoms with Crippen molar-refractivity contribution in [2.24, 2.45) is 4.99 Å². The number of hydrogen-bond acceptors (Lipinski definition) is 6. The number of amides is 1. The van der Waals surface area contributed by atoms with Gasteiger partial charge in [0.15, 0.2) is 6.17 Å². The lowest BCUT2D eigenvalue weighted by Crippen LogP contribution is -2.43. The summed E-state index contributed by atoms with van der Waals surface area (Å²) in [6, 6.07) is 5.65. The van der Waals surface area contributed by atoms with Gasteiger partial charge in [-0.1, -0.05) is 0 Å². The van der Waals surface area contributed by atoms with Gasteiger partial charge in [-0.3, -0.25) is 9.79 Å². The number of piperidine rings is 1. The molecular weight excluding hydrogens is 449 g/mol. The van der Waals surface area contributed by atoms with Gasteiger partial charge in [-0.05, 0) is 57.1 Å². The largest absolute Gasteiger partial charge is 0.493 e. The van der Waals surface area contributed by atoms with Crippen LogP contribution in [-0.2, 0) is 17.5 Å². The normalized spacial score (nSPS) is 18.5. The molecule has 3 heterocycles. The molecule has 1 saturated heterocycles. The maximum absolute atomic E-state index is 13.7. The van der Waals surface area contributed by atoms with E-state index in [0.717, 1.165) is 38.2 Å². The molecule has 1 aromatic heterocycles. The van der Waals surface area contributed by atoms with Crippen molar-refractivity contribution in [3.8, 4) is 5.75 Å². The van der Waals surface area contributed by atoms with Crippen molar-refractivity contribution in [1.29, 1.82) is 5.41 Å². The van der Waals surface area contributed by atoms with E-state index >= 15 is 0 Å². The van der Waals surface area contributed by atoms with Crippen LogP contribution < -0.4 is 20.7 Å². The first kappa shape index (κ1) is 23.8. The number of ether oxygens (including phenoxy) is 1. The molecule has 2 aliphatic rings. The Bertz CT molecular complexity index is 1090. The van der Waals surface area contributed by atoms with Gasteiger partial charge in [0.2, 0.25) is 5.91 Å². The van der Waals surface area contributed by atoms with E-state index in [-0.39, 0.29) is 36.4 Å². The number of alkyl halides is 3. The number of carbonyl (C=O) groups is 1. The average Bonchev–Trinajstić information content (AvgIpc) is 3.21. The number of nitrogens with one attached hydrogen (secondary N) is 4. The highest BCUT2D eigenvalue weighted by Gasteiger charge is 2.35. The number of rotatable bonds is 7. The molecule has 4 rings (SSSR count). The molecule has 11 heteroatoms. The van der Waals surface area contributed by atoms with Gasteiger partial charge in [-0.15, -0.1) is 0 Å². The van der Waals surface area contributed by atoms with E-state index < -0.39 is 17.9 Å². The molecule has 0 bridgehead atoms. The third-order valence-corrected chi connectivity index (χ3v) is 5.81. The lowest BCUT2D eigenvalue weighted by Gasteiger charge is -2.25. The first-order valence-electron chi connectivity index (χ1n) is 11.2. The zero-order valence-electron chi connectivity index (χ0n) is 18.7. The third-order valence-electron chi connectivity index (χ3n) is 5.81. The van der Waals surface area contributed by atoms with E-state index in [2.05, 4.69) is 20.9 Å². The molecule has 1 fully saturated rings. The summed E-state index contributed by atoms with van der Waals surface area (Å²) in [6.07, 6.45) is -0.893. The van der Waals surface area contributed by atoms with Gasteiger partial charge in [0.05, 0.1) is 17.9 Å². The summed E-state index contributed by atoms with van der Waals surface area (Å²) < 4.78 is 47.9. The zero-order valence-corrected chi connectivity index (χ0v) is 18.7. The van der Waals surface area contributed by atoms with E-state index in [1.165, 1.54) is 12.1 Å². The highest BCUT2D eigenvalue weighted by molar-refractivity contribution is 6.17. The van der Waals surface area contributed by atoms with Crippen LogP contribution in [-0.4, -0.2) is 54.3 Å². The van der Waals surface area contributed by atoms with Crippen LogP contribution >= 0.6 is 0 Å². The van der Waals surface area contributed by atoms with Crippen molar-refractivity contribution in [1.82, 2.24) is 15.2 Å². The molecule has 0 saturated carbocycles. The maximum atomic E-state index is 13.7. The lowest BCUT2D eigenvalue weighted by atomic mass is 9.99. The number of aliphatic imine (C=N–C) groups is 1. The molecule has 34 heavy (non-hydrogen) atoms. The fourth-order valence-electron chi connectivity index (χ4n) is 4.22. The number of anilines is 1. The second-order valence-corrected chi connectivity index (χ2v) is 8.17. The number of carbonyl (C=O) groups excluding carboxylic acids is 1. The highest BCUT2D eigenvalue weighted by atomic mass is 19.4. The fraction of sp³-hybridized carbons (Fsp3) is 0.435. The van der Waals surface area contributed by atoms with Crippen LogP contribution in [0.5, 0.6) is 5.75 Å². The molecule has 0 radical (unpaired) electrons. The molecule has 2 aliphatic heterocycles. The standard InChI is InChI=1S/C23H27F3N6O2/c1-2-34-18-4-3-14(11-17(18)23(24,25)26)21-16-7-10-32(22(16)31-19(12-27)30-21)13-20(33)29-15-5-8-28-9-6-15/h3-4,7,10-12,15,19,27-28,31H,2,5-6,8-9,13H2,1H3,(H,29,33). The lowest BCUT2D eigenvalue weighted by molar-refractivity contribution is -0.139. The van der Waals surface area contributed by atoms with Crippen LogP contribution in [0.1, 0.15) is 36.5 Å². The van der Waals surface area contributed by atoms with Crippen LogP contribution in [0.4, 0.5) is 19.0 Å². The molecule has 2 aromatic rings. The van der Waals surface area contributed by atoms with Gasteiger partial charge in [-0.25, -0.2) is 0 Å². The van der Waals surface area contributed by atoms with Crippen LogP contribution in [0.25, 0.3) is 0 Å². The topological polar surface area (TPSA) is 104 Å². The number of aromatic nitrogens is 1. The van der Waals surface area contributed by atoms with Crippen molar-refractivity contribution >= 4 is 23.7 Å². The number of benzene rings is 1. The Morgan fingerprint density at radius 3 is 2.76 bits per heavy atom. The third kappa shape index (κ3) is 5.09. The fourth-order valence-corrected chi connectivity index (χ4v) is 4.22. The summed E-state index contributed by atoms with van der Waals surface area (Å²) in [4.78, 5) is 17.1. The minimum atomic E-state index is -4.60. The number of nitrogens with zero attached hydrogens (tertiary/aromatic N) is 2. The molecule has 182 valence electrons. The highest BCUT2D eigenvalue weighted by Crippen LogP contribution is 2.38. The van der Waals surface area contributed by atoms with Gasteiger partial charge in [0.1, 0.15) is 18.1 Å². The molecular formula is C23H27F3N6O2. The molecule has 1 atom stereocenters. The smallest absolute Gasteiger partial charge is 0.419 e. The second-order valence-electron chi connectivity index (χ2n) is 8.17. The minimum absolute atomic E-state index is 0.0430. The Kier molecular flexibility index (Phi) is 6.92.